The number of ether oxygens (including phenoxy) is 2. The van der Waals surface area contributed by atoms with Gasteiger partial charge in [-0.25, -0.2) is 0 Å². The van der Waals surface area contributed by atoms with E-state index in [4.69, 9.17) is 9.47 Å². The van der Waals surface area contributed by atoms with Crippen LogP contribution in [-0.4, -0.2) is 13.4 Å². The zero-order valence-corrected chi connectivity index (χ0v) is 8.75. The minimum atomic E-state index is -0.161. The molecule has 0 aromatic heterocycles. The van der Waals surface area contributed by atoms with Gasteiger partial charge in [0.15, 0.2) is 0 Å². The summed E-state index contributed by atoms with van der Waals surface area (Å²) >= 11 is 0. The van der Waals surface area contributed by atoms with E-state index in [2.05, 4.69) is 38.1 Å². The minimum absolute atomic E-state index is 0.161. The fourth-order valence-corrected chi connectivity index (χ4v) is 1.70. The van der Waals surface area contributed by atoms with Crippen LogP contribution in [0.3, 0.4) is 0 Å². The maximum absolute atomic E-state index is 5.67. The largest absolute Gasteiger partial charge is 0.355 e. The molecule has 14 heavy (non-hydrogen) atoms. The second kappa shape index (κ2) is 3.71. The molecule has 1 aromatic rings. The number of rotatable bonds is 1. The Morgan fingerprint density at radius 3 is 2.50 bits per heavy atom. The Morgan fingerprint density at radius 2 is 1.93 bits per heavy atom. The van der Waals surface area contributed by atoms with Crippen LogP contribution < -0.4 is 0 Å². The lowest BCUT2D eigenvalue weighted by Gasteiger charge is -2.34. The lowest BCUT2D eigenvalue weighted by molar-refractivity contribution is -0.191. The highest BCUT2D eigenvalue weighted by Crippen LogP contribution is 2.31. The van der Waals surface area contributed by atoms with Crippen LogP contribution in [0, 0.1) is 6.92 Å². The molecule has 0 spiro atoms. The Balaban J connectivity index is 2.23. The molecule has 2 nitrogen and oxygen atoms in total. The zero-order valence-electron chi connectivity index (χ0n) is 8.75. The molecule has 0 aliphatic carbocycles. The number of hydrogen-bond donors (Lipinski definition) is 0. The lowest BCUT2D eigenvalue weighted by Crippen LogP contribution is -2.33. The van der Waals surface area contributed by atoms with Gasteiger partial charge in [-0.3, -0.25) is 0 Å². The van der Waals surface area contributed by atoms with Crippen molar-refractivity contribution in [1.82, 2.24) is 0 Å². The van der Waals surface area contributed by atoms with E-state index >= 15 is 0 Å². The van der Waals surface area contributed by atoms with Crippen LogP contribution in [0.4, 0.5) is 0 Å². The third-order valence-electron chi connectivity index (χ3n) is 2.85. The first-order valence-corrected chi connectivity index (χ1v) is 5.00. The molecule has 0 bridgehead atoms. The summed E-state index contributed by atoms with van der Waals surface area (Å²) in [5.74, 6) is 0. The van der Waals surface area contributed by atoms with E-state index in [9.17, 15) is 0 Å². The highest BCUT2D eigenvalue weighted by atomic mass is 16.7. The summed E-state index contributed by atoms with van der Waals surface area (Å²) in [6, 6.07) is 8.53. The van der Waals surface area contributed by atoms with E-state index in [0.717, 1.165) is 13.0 Å². The fourth-order valence-electron chi connectivity index (χ4n) is 1.70. The summed E-state index contributed by atoms with van der Waals surface area (Å²) in [5, 5.41) is 0. The molecule has 1 atom stereocenters. The SMILES string of the molecule is Cc1ccc(C2(C)CCOCO2)cc1. The number of hydrogen-bond acceptors (Lipinski definition) is 2. The monoisotopic (exact) mass is 192 g/mol. The Bertz CT molecular complexity index is 297. The van der Waals surface area contributed by atoms with Gasteiger partial charge in [-0.05, 0) is 19.4 Å². The predicted molar refractivity (Wildman–Crippen MR) is 55.1 cm³/mol. The van der Waals surface area contributed by atoms with E-state index in [0.29, 0.717) is 6.79 Å². The third-order valence-corrected chi connectivity index (χ3v) is 2.85. The van der Waals surface area contributed by atoms with Crippen molar-refractivity contribution in [2.24, 2.45) is 0 Å². The van der Waals surface area contributed by atoms with Gasteiger partial charge in [-0.2, -0.15) is 0 Å². The van der Waals surface area contributed by atoms with Gasteiger partial charge in [0.2, 0.25) is 0 Å². The Hall–Kier alpha value is -0.860. The van der Waals surface area contributed by atoms with Crippen molar-refractivity contribution < 1.29 is 9.47 Å². The molecule has 0 N–H and O–H groups in total. The maximum Gasteiger partial charge on any atom is 0.147 e. The summed E-state index contributed by atoms with van der Waals surface area (Å²) < 4.78 is 10.9. The Morgan fingerprint density at radius 1 is 1.21 bits per heavy atom. The molecule has 1 aromatic carbocycles. The molecule has 0 radical (unpaired) electrons. The van der Waals surface area contributed by atoms with Crippen molar-refractivity contribution in [2.45, 2.75) is 25.9 Å². The summed E-state index contributed by atoms with van der Waals surface area (Å²) in [7, 11) is 0. The summed E-state index contributed by atoms with van der Waals surface area (Å²) in [4.78, 5) is 0. The van der Waals surface area contributed by atoms with Gasteiger partial charge in [-0.15, -0.1) is 0 Å². The maximum atomic E-state index is 5.67. The lowest BCUT2D eigenvalue weighted by atomic mass is 9.91. The van der Waals surface area contributed by atoms with Gasteiger partial charge in [0.05, 0.1) is 12.2 Å². The van der Waals surface area contributed by atoms with Crippen LogP contribution in [0.15, 0.2) is 24.3 Å². The number of aryl methyl sites for hydroxylation is 1. The molecule has 1 saturated heterocycles. The van der Waals surface area contributed by atoms with Gasteiger partial charge in [0, 0.05) is 6.42 Å². The Labute approximate surface area is 84.8 Å². The van der Waals surface area contributed by atoms with E-state index in [1.807, 2.05) is 0 Å². The van der Waals surface area contributed by atoms with E-state index in [-0.39, 0.29) is 5.60 Å². The van der Waals surface area contributed by atoms with Crippen LogP contribution in [0.2, 0.25) is 0 Å². The first-order valence-electron chi connectivity index (χ1n) is 5.00. The van der Waals surface area contributed by atoms with Gasteiger partial charge in [0.25, 0.3) is 0 Å². The molecular formula is C12H16O2. The summed E-state index contributed by atoms with van der Waals surface area (Å²) in [5.41, 5.74) is 2.36. The quantitative estimate of drug-likeness (QED) is 0.681. The first-order chi connectivity index (χ1) is 6.71. The van der Waals surface area contributed by atoms with Crippen molar-refractivity contribution in [3.05, 3.63) is 35.4 Å². The van der Waals surface area contributed by atoms with Crippen molar-refractivity contribution in [3.8, 4) is 0 Å². The average molecular weight is 192 g/mol. The second-order valence-corrected chi connectivity index (χ2v) is 4.02. The molecule has 1 unspecified atom stereocenters. The molecule has 0 amide bonds. The molecule has 2 rings (SSSR count). The highest BCUT2D eigenvalue weighted by Gasteiger charge is 2.30. The zero-order chi connectivity index (χ0) is 10.0. The van der Waals surface area contributed by atoms with Crippen LogP contribution >= 0.6 is 0 Å². The van der Waals surface area contributed by atoms with Gasteiger partial charge in [-0.1, -0.05) is 29.8 Å². The van der Waals surface area contributed by atoms with E-state index in [1.165, 1.54) is 11.1 Å². The van der Waals surface area contributed by atoms with E-state index < -0.39 is 0 Å². The van der Waals surface area contributed by atoms with Crippen LogP contribution in [0.1, 0.15) is 24.5 Å². The van der Waals surface area contributed by atoms with Crippen LogP contribution in [0.5, 0.6) is 0 Å². The van der Waals surface area contributed by atoms with Gasteiger partial charge in [0.1, 0.15) is 6.79 Å². The third kappa shape index (κ3) is 1.81. The van der Waals surface area contributed by atoms with E-state index in [1.54, 1.807) is 0 Å². The van der Waals surface area contributed by atoms with Crippen molar-refractivity contribution in [2.75, 3.05) is 13.4 Å². The molecule has 2 heteroatoms. The molecular weight excluding hydrogens is 176 g/mol. The average Bonchev–Trinajstić information content (AvgIpc) is 2.19. The van der Waals surface area contributed by atoms with Crippen molar-refractivity contribution in [3.63, 3.8) is 0 Å². The molecule has 76 valence electrons. The first kappa shape index (κ1) is 9.69. The summed E-state index contributed by atoms with van der Waals surface area (Å²) in [6.07, 6.45) is 0.927. The molecule has 1 aliphatic rings. The Kier molecular flexibility index (Phi) is 2.57. The van der Waals surface area contributed by atoms with Crippen LogP contribution in [0.25, 0.3) is 0 Å². The number of benzene rings is 1. The molecule has 1 fully saturated rings. The molecule has 1 aliphatic heterocycles. The van der Waals surface area contributed by atoms with Crippen LogP contribution in [-0.2, 0) is 15.1 Å². The van der Waals surface area contributed by atoms with Gasteiger partial charge >= 0.3 is 0 Å². The molecule has 0 saturated carbocycles. The minimum Gasteiger partial charge on any atom is -0.355 e. The van der Waals surface area contributed by atoms with Crippen molar-refractivity contribution >= 4 is 0 Å². The standard InChI is InChI=1S/C12H16O2/c1-10-3-5-11(6-4-10)12(2)7-8-13-9-14-12/h3-6H,7-9H2,1-2H3. The smallest absolute Gasteiger partial charge is 0.147 e. The topological polar surface area (TPSA) is 18.5 Å². The normalized spacial score (nSPS) is 27.6. The van der Waals surface area contributed by atoms with Crippen molar-refractivity contribution in [1.29, 1.82) is 0 Å². The van der Waals surface area contributed by atoms with Gasteiger partial charge < -0.3 is 9.47 Å². The predicted octanol–water partition coefficient (Wildman–Crippen LogP) is 2.60. The highest BCUT2D eigenvalue weighted by molar-refractivity contribution is 5.26. The molecule has 1 heterocycles. The second-order valence-electron chi connectivity index (χ2n) is 4.02. The summed E-state index contributed by atoms with van der Waals surface area (Å²) in [6.45, 7) is 5.41. The fraction of sp³-hybridized carbons (Fsp3) is 0.500.